The van der Waals surface area contributed by atoms with Gasteiger partial charge in [-0.15, -0.1) is 0 Å². The van der Waals surface area contributed by atoms with Crippen molar-refractivity contribution in [2.24, 2.45) is 0 Å². The van der Waals surface area contributed by atoms with Gasteiger partial charge in [-0.25, -0.2) is 26.3 Å². The van der Waals surface area contributed by atoms with E-state index in [1.54, 1.807) is 13.8 Å². The van der Waals surface area contributed by atoms with Gasteiger partial charge in [0.15, 0.2) is 0 Å². The Balaban J connectivity index is 0.000000201. The number of aromatic nitrogens is 2. The van der Waals surface area contributed by atoms with Crippen molar-refractivity contribution >= 4 is 86.9 Å². The van der Waals surface area contributed by atoms with Crippen LogP contribution in [0.5, 0.6) is 0 Å². The van der Waals surface area contributed by atoms with Gasteiger partial charge in [-0.2, -0.15) is 0 Å². The van der Waals surface area contributed by atoms with Gasteiger partial charge in [0.25, 0.3) is 31.8 Å². The van der Waals surface area contributed by atoms with Crippen molar-refractivity contribution in [2.45, 2.75) is 23.6 Å². The molecule has 0 aliphatic rings. The minimum absolute atomic E-state index is 0.0439. The second kappa shape index (κ2) is 11.5. The molecule has 4 rings (SSSR count). The van der Waals surface area contributed by atoms with Crippen LogP contribution in [0.1, 0.15) is 11.4 Å². The van der Waals surface area contributed by atoms with Crippen LogP contribution in [-0.2, 0) is 20.0 Å². The van der Waals surface area contributed by atoms with Gasteiger partial charge in [0.05, 0.1) is 21.2 Å². The second-order valence-corrected chi connectivity index (χ2v) is 12.8. The van der Waals surface area contributed by atoms with E-state index in [0.717, 1.165) is 0 Å². The fourth-order valence-corrected chi connectivity index (χ4v) is 5.43. The molecule has 0 radical (unpaired) electrons. The van der Waals surface area contributed by atoms with Gasteiger partial charge < -0.3 is 9.05 Å². The molecule has 0 atom stereocenters. The molecule has 0 saturated carbocycles. The van der Waals surface area contributed by atoms with Crippen molar-refractivity contribution in [1.29, 1.82) is 0 Å². The van der Waals surface area contributed by atoms with E-state index in [1.807, 2.05) is 0 Å². The highest BCUT2D eigenvalue weighted by Gasteiger charge is 2.20. The zero-order valence-corrected chi connectivity index (χ0v) is 24.6. The summed E-state index contributed by atoms with van der Waals surface area (Å²) in [5, 5.41) is 8.20. The van der Waals surface area contributed by atoms with Gasteiger partial charge in [0, 0.05) is 10.0 Å². The van der Waals surface area contributed by atoms with Crippen LogP contribution in [0.25, 0.3) is 0 Å². The molecule has 0 saturated heterocycles. The third-order valence-corrected chi connectivity index (χ3v) is 9.35. The first kappa shape index (κ1) is 28.5. The standard InChI is InChI=1S/2C10H8BrClN2O3S/c2*1-6-9(11)10(17-13-6)14-18(15,16)8-4-2-7(12)3-5-8/h2*2-5,14H,1H3. The molecular weight excluding hydrogens is 687 g/mol. The Morgan fingerprint density at radius 3 is 1.22 bits per heavy atom. The third-order valence-electron chi connectivity index (χ3n) is 4.28. The maximum atomic E-state index is 12.0. The fraction of sp³-hybridized carbons (Fsp3) is 0.100. The molecule has 0 bridgehead atoms. The first-order valence-electron chi connectivity index (χ1n) is 9.60. The molecule has 0 aliphatic carbocycles. The van der Waals surface area contributed by atoms with Crippen molar-refractivity contribution in [3.8, 4) is 0 Å². The Hall–Kier alpha value is -2.10. The Labute approximate surface area is 233 Å². The molecule has 2 aromatic heterocycles. The highest BCUT2D eigenvalue weighted by Crippen LogP contribution is 2.29. The molecule has 2 aromatic carbocycles. The molecular formula is C20H16Br2Cl2N4O6S2. The Bertz CT molecular complexity index is 1450. The Kier molecular flexibility index (Phi) is 9.11. The molecule has 2 heterocycles. The van der Waals surface area contributed by atoms with E-state index in [-0.39, 0.29) is 21.6 Å². The zero-order chi connectivity index (χ0) is 26.7. The van der Waals surface area contributed by atoms with Crippen molar-refractivity contribution in [2.75, 3.05) is 9.44 Å². The Morgan fingerprint density at radius 2 is 0.972 bits per heavy atom. The van der Waals surface area contributed by atoms with Crippen molar-refractivity contribution in [3.63, 3.8) is 0 Å². The van der Waals surface area contributed by atoms with Crippen LogP contribution < -0.4 is 9.44 Å². The van der Waals surface area contributed by atoms with E-state index in [2.05, 4.69) is 51.6 Å². The summed E-state index contributed by atoms with van der Waals surface area (Å²) in [5.74, 6) is 0.0879. The number of aryl methyl sites for hydroxylation is 2. The zero-order valence-electron chi connectivity index (χ0n) is 18.3. The molecule has 0 aliphatic heterocycles. The lowest BCUT2D eigenvalue weighted by molar-refractivity contribution is 0.430. The largest absolute Gasteiger partial charge is 0.336 e. The van der Waals surface area contributed by atoms with Gasteiger partial charge in [-0.3, -0.25) is 0 Å². The topological polar surface area (TPSA) is 144 Å². The predicted octanol–water partition coefficient (Wildman–Crippen LogP) is 6.40. The van der Waals surface area contributed by atoms with Crippen LogP contribution in [0, 0.1) is 13.8 Å². The average molecular weight is 703 g/mol. The number of sulfonamides is 2. The highest BCUT2D eigenvalue weighted by atomic mass is 79.9. The summed E-state index contributed by atoms with van der Waals surface area (Å²) in [7, 11) is -7.42. The lowest BCUT2D eigenvalue weighted by Gasteiger charge is -2.05. The van der Waals surface area contributed by atoms with Crippen molar-refractivity contribution < 1.29 is 25.9 Å². The quantitative estimate of drug-likeness (QED) is 0.235. The monoisotopic (exact) mass is 700 g/mol. The van der Waals surface area contributed by atoms with Gasteiger partial charge in [-0.1, -0.05) is 33.5 Å². The smallest absolute Gasteiger partial charge is 0.264 e. The SMILES string of the molecule is Cc1noc(NS(=O)(=O)c2ccc(Cl)cc2)c1Br.Cc1noc(NS(=O)(=O)c2ccc(Cl)cc2)c1Br. The van der Waals surface area contributed by atoms with Crippen LogP contribution >= 0.6 is 55.1 Å². The number of rotatable bonds is 6. The molecule has 0 spiro atoms. The van der Waals surface area contributed by atoms with E-state index in [4.69, 9.17) is 32.2 Å². The fourth-order valence-electron chi connectivity index (χ4n) is 2.43. The van der Waals surface area contributed by atoms with E-state index in [0.29, 0.717) is 30.4 Å². The number of nitrogens with one attached hydrogen (secondary N) is 2. The maximum Gasteiger partial charge on any atom is 0.264 e. The second-order valence-electron chi connectivity index (χ2n) is 6.94. The number of benzene rings is 2. The van der Waals surface area contributed by atoms with E-state index < -0.39 is 20.0 Å². The summed E-state index contributed by atoms with van der Waals surface area (Å²) >= 11 is 17.8. The van der Waals surface area contributed by atoms with Gasteiger partial charge in [0.2, 0.25) is 0 Å². The highest BCUT2D eigenvalue weighted by molar-refractivity contribution is 9.11. The third kappa shape index (κ3) is 7.01. The van der Waals surface area contributed by atoms with Gasteiger partial charge >= 0.3 is 0 Å². The summed E-state index contributed by atoms with van der Waals surface area (Å²) in [6.07, 6.45) is 0. The number of nitrogens with zero attached hydrogens (tertiary/aromatic N) is 2. The average Bonchev–Trinajstić information content (AvgIpc) is 3.30. The van der Waals surface area contributed by atoms with Crippen molar-refractivity contribution in [1.82, 2.24) is 10.3 Å². The summed E-state index contributed by atoms with van der Waals surface area (Å²) in [6.45, 7) is 3.38. The molecule has 2 N–H and O–H groups in total. The molecule has 36 heavy (non-hydrogen) atoms. The first-order chi connectivity index (χ1) is 16.8. The van der Waals surface area contributed by atoms with Crippen LogP contribution in [0.15, 0.2) is 76.3 Å². The van der Waals surface area contributed by atoms with E-state index in [9.17, 15) is 16.8 Å². The van der Waals surface area contributed by atoms with Crippen molar-refractivity contribution in [3.05, 3.63) is 78.9 Å². The van der Waals surface area contributed by atoms with Crippen LogP contribution in [0.4, 0.5) is 11.8 Å². The minimum atomic E-state index is -3.71. The molecule has 0 fully saturated rings. The minimum Gasteiger partial charge on any atom is -0.336 e. The molecule has 0 amide bonds. The molecule has 192 valence electrons. The predicted molar refractivity (Wildman–Crippen MR) is 142 cm³/mol. The molecule has 4 aromatic rings. The van der Waals surface area contributed by atoms with Gasteiger partial charge in [-0.05, 0) is 94.2 Å². The lowest BCUT2D eigenvalue weighted by Crippen LogP contribution is -2.12. The number of hydrogen-bond donors (Lipinski definition) is 2. The number of halogens is 4. The van der Waals surface area contributed by atoms with Crippen LogP contribution in [0.3, 0.4) is 0 Å². The Morgan fingerprint density at radius 1 is 0.667 bits per heavy atom. The van der Waals surface area contributed by atoms with Gasteiger partial charge in [0.1, 0.15) is 8.95 Å². The molecule has 16 heteroatoms. The lowest BCUT2D eigenvalue weighted by atomic mass is 10.4. The van der Waals surface area contributed by atoms with Crippen LogP contribution in [0.2, 0.25) is 10.0 Å². The number of hydrogen-bond acceptors (Lipinski definition) is 8. The summed E-state index contributed by atoms with van der Waals surface area (Å²) in [5.41, 5.74) is 1.12. The maximum absolute atomic E-state index is 12.0. The summed E-state index contributed by atoms with van der Waals surface area (Å²) < 4.78 is 63.3. The molecule has 0 unspecified atom stereocenters. The van der Waals surface area contributed by atoms with E-state index >= 15 is 0 Å². The first-order valence-corrected chi connectivity index (χ1v) is 14.9. The summed E-state index contributed by atoms with van der Waals surface area (Å²) in [6, 6.07) is 11.6. The summed E-state index contributed by atoms with van der Waals surface area (Å²) in [4.78, 5) is 0.181. The normalized spacial score (nSPS) is 11.5. The van der Waals surface area contributed by atoms with E-state index in [1.165, 1.54) is 48.5 Å². The van der Waals surface area contributed by atoms with Crippen LogP contribution in [-0.4, -0.2) is 27.1 Å². The number of anilines is 2. The molecule has 10 nitrogen and oxygen atoms in total.